The third kappa shape index (κ3) is 32.9. The molecule has 4 heterocycles. The van der Waals surface area contributed by atoms with Crippen LogP contribution in [-0.2, 0) is 106 Å². The van der Waals surface area contributed by atoms with Crippen molar-refractivity contribution in [1.82, 2.24) is 49.9 Å². The number of nitrogens with zero attached hydrogens (tertiary/aromatic N) is 4. The molecule has 6 N–H and O–H groups in total. The number of ketones is 6. The zero-order valence-corrected chi connectivity index (χ0v) is 90.1. The molecule has 8 aliphatic rings. The van der Waals surface area contributed by atoms with E-state index in [-0.39, 0.29) is 170 Å². The fourth-order valence-corrected chi connectivity index (χ4v) is 22.1. The summed E-state index contributed by atoms with van der Waals surface area (Å²) < 4.78 is 83.9. The van der Waals surface area contributed by atoms with Gasteiger partial charge in [-0.1, -0.05) is 121 Å². The van der Waals surface area contributed by atoms with E-state index in [0.29, 0.717) is 64.3 Å². The lowest BCUT2D eigenvalue weighted by molar-refractivity contribution is -0.141. The Morgan fingerprint density at radius 3 is 0.771 bits per heavy atom. The first-order chi connectivity index (χ1) is 65.5. The van der Waals surface area contributed by atoms with E-state index in [0.717, 1.165) is 76.7 Å². The molecule has 4 saturated carbocycles. The van der Waals surface area contributed by atoms with Gasteiger partial charge in [-0.15, -0.1) is 52.6 Å². The molecule has 140 heavy (non-hydrogen) atoms. The van der Waals surface area contributed by atoms with E-state index < -0.39 is 137 Å². The van der Waals surface area contributed by atoms with Gasteiger partial charge in [0.05, 0.1) is 84.0 Å². The molecular weight excluding hydrogens is 1880 g/mol. The van der Waals surface area contributed by atoms with Crippen molar-refractivity contribution in [3.63, 3.8) is 0 Å². The molecule has 788 valence electrons. The summed E-state index contributed by atoms with van der Waals surface area (Å²) in [6.07, 6.45) is 26.6. The van der Waals surface area contributed by atoms with Crippen molar-refractivity contribution < 1.29 is 112 Å². The van der Waals surface area contributed by atoms with Gasteiger partial charge in [0.2, 0.25) is 55.5 Å². The van der Waals surface area contributed by atoms with Crippen LogP contribution in [0.2, 0.25) is 0 Å². The maximum atomic E-state index is 13.9. The van der Waals surface area contributed by atoms with Crippen molar-refractivity contribution >= 4 is 121 Å². The highest BCUT2D eigenvalue weighted by atomic mass is 32.2. The van der Waals surface area contributed by atoms with E-state index in [1.807, 2.05) is 48.4 Å². The largest absolute Gasteiger partial charge is 0.444 e. The van der Waals surface area contributed by atoms with Crippen LogP contribution in [0.1, 0.15) is 237 Å². The van der Waals surface area contributed by atoms with E-state index >= 15 is 0 Å². The molecule has 6 unspecified atom stereocenters. The number of nitrogens with one attached hydrogen (secondary N) is 6. The SMILES string of the molecule is C=CCCCC[C@H](NC(=O)OC(C)(C)C)C(=O)N1C[C@H](OC)C(C)[C@H]1C(=O)C[C@]1(C(=O)NS(C)(=O)=O)C[C@H]1C=C.C=CCCCC[C@H](NC(=O)OC(C)(C)C)C(=O)N1C[C@H](OC)C(C)[C@H]1C(=O)C[C@]1(C(C)=O)C[C@H]1C=C.C=CCCCC[C@H](NP)C(=O)N1C[C@H](OC)C(C)[C@H]1C(=O)C[C@]1(C(=O)NS(C)(=O)=O)C[C@H]1C=C.C=CCCCC[C@H](NP)C(=O)N1C[C@H](OC)C(C)[C@H]1C(=O)C[C@]1(C(C)=O)C[C@H]1C=C. The van der Waals surface area contributed by atoms with Crippen molar-refractivity contribution in [2.75, 3.05) is 67.1 Å². The van der Waals surface area contributed by atoms with E-state index in [1.54, 1.807) is 111 Å². The summed E-state index contributed by atoms with van der Waals surface area (Å²) in [5, 5.41) is 11.4. The third-order valence-corrected chi connectivity index (χ3v) is 30.8. The number of carbonyl (C=O) groups is 14. The van der Waals surface area contributed by atoms with Gasteiger partial charge >= 0.3 is 12.2 Å². The zero-order valence-electron chi connectivity index (χ0n) is 86.2. The summed E-state index contributed by atoms with van der Waals surface area (Å²) in [4.78, 5) is 191. The molecule has 0 aromatic rings. The van der Waals surface area contributed by atoms with Crippen molar-refractivity contribution in [3.8, 4) is 0 Å². The Balaban J connectivity index is 0.000000331. The zero-order chi connectivity index (χ0) is 106. The van der Waals surface area contributed by atoms with Crippen molar-refractivity contribution in [2.24, 2.45) is 69.0 Å². The monoisotopic (exact) mass is 2040 g/mol. The molecule has 0 bridgehead atoms. The standard InChI is InChI=1S/C28H45N3O8S.C28H44N2O6.C23H38N3O6PS.C23H37N2O4P/c1-9-11-12-13-14-20(29-26(35)39-27(4,5)6)24(33)31-17-22(38-7)18(3)23(31)21(32)16-28(15-19(28)10-2)25(34)30-40(8,36)37;1-9-11-12-13-14-21(29-26(34)36-27(5,6)7)25(33)30-17-23(35-8)18(3)24(30)22(32)16-28(19(4)31)15-20(28)10-2;1-6-8-9-10-11-17(24-33)21(28)26-14-19(32-4)15(3)20(26)18(27)13-23(12-16(23)7-2)22(29)25-34(5,30)31;1-6-8-9-10-11-18(24-30)22(28)25-14-20(29-5)15(3)21(25)19(27)13-23(16(4)26)12-17(23)7-2/h9-10,18-20,22-23H,1-2,11-17H2,3-8H3,(H,29,35)(H,30,34);9-10,18,20-21,23-24H,1-2,11-17H2,3-8H3,(H,29,34);6-7,15-17,19-20,24H,1-2,8-14,33H2,3-5H3,(H,25,29);6-7,15,17-18,20-21,24H,1-2,8-14,30H2,3-5H3/t18?,19-,20+,22+,23+,28-;18?,20-,21+,23+,24+,28+;15?,16-,17+,19+,20+,23-;15?,17-,18+,20+,21+,23+/m1111/s1. The number of unbranched alkanes of at least 4 members (excludes halogenated alkanes) is 8. The Morgan fingerprint density at radius 1 is 0.371 bits per heavy atom. The number of rotatable bonds is 54. The van der Waals surface area contributed by atoms with Gasteiger partial charge in [0.15, 0.2) is 23.1 Å². The van der Waals surface area contributed by atoms with Crippen LogP contribution in [0.5, 0.6) is 0 Å². The van der Waals surface area contributed by atoms with Crippen molar-refractivity contribution in [2.45, 2.75) is 321 Å². The van der Waals surface area contributed by atoms with Crippen LogP contribution in [0, 0.1) is 69.0 Å². The first-order valence-corrected chi connectivity index (χ1v) is 53.8. The van der Waals surface area contributed by atoms with Gasteiger partial charge in [0.25, 0.3) is 0 Å². The second-order valence-electron chi connectivity index (χ2n) is 41.3. The van der Waals surface area contributed by atoms with Crippen LogP contribution in [0.25, 0.3) is 0 Å². The van der Waals surface area contributed by atoms with Gasteiger partial charge in [0, 0.05) is 115 Å². The number of allylic oxidation sites excluding steroid dienone is 8. The molecular formula is C102H164N10O24P2S2. The summed E-state index contributed by atoms with van der Waals surface area (Å²) in [6.45, 7) is 52.0. The number of ether oxygens (including phenoxy) is 6. The van der Waals surface area contributed by atoms with E-state index in [1.165, 1.54) is 29.9 Å². The lowest BCUT2D eigenvalue weighted by atomic mass is 9.86. The number of Topliss-reactive ketones (excluding diaryl/α,β-unsaturated/α-hetero) is 6. The van der Waals surface area contributed by atoms with E-state index in [2.05, 4.69) is 92.2 Å². The van der Waals surface area contributed by atoms with Crippen molar-refractivity contribution in [3.05, 3.63) is 101 Å². The predicted octanol–water partition coefficient (Wildman–Crippen LogP) is 11.6. The first-order valence-electron chi connectivity index (χ1n) is 48.9. The summed E-state index contributed by atoms with van der Waals surface area (Å²) in [7, 11) is 3.43. The fourth-order valence-electron chi connectivity index (χ4n) is 20.4. The minimum absolute atomic E-state index is 0.0236. The number of amides is 8. The van der Waals surface area contributed by atoms with Crippen LogP contribution in [0.4, 0.5) is 9.59 Å². The molecule has 26 atom stereocenters. The molecule has 0 radical (unpaired) electrons. The molecule has 8 rings (SSSR count). The van der Waals surface area contributed by atoms with Gasteiger partial charge in [-0.05, 0) is 182 Å². The smallest absolute Gasteiger partial charge is 0.408 e. The van der Waals surface area contributed by atoms with Crippen molar-refractivity contribution in [1.29, 1.82) is 0 Å². The Labute approximate surface area is 837 Å². The Hall–Kier alpha value is -8.18. The highest BCUT2D eigenvalue weighted by molar-refractivity contribution is 7.89. The highest BCUT2D eigenvalue weighted by Crippen LogP contribution is 2.60. The molecule has 0 aromatic heterocycles. The molecule has 34 nitrogen and oxygen atoms in total. The molecule has 0 spiro atoms. The second kappa shape index (κ2) is 54.1. The molecule has 4 aliphatic carbocycles. The first kappa shape index (κ1) is 122. The Bertz CT molecular complexity index is 4690. The number of hydrogen-bond acceptors (Lipinski definition) is 26. The Kier molecular flexibility index (Phi) is 47.3. The summed E-state index contributed by atoms with van der Waals surface area (Å²) >= 11 is 0. The van der Waals surface area contributed by atoms with Crippen LogP contribution >= 0.6 is 18.8 Å². The maximum Gasteiger partial charge on any atom is 0.408 e. The average Bonchev–Trinajstić information content (AvgIpc) is 1.58. The Morgan fingerprint density at radius 2 is 0.586 bits per heavy atom. The molecule has 8 fully saturated rings. The second-order valence-corrected chi connectivity index (χ2v) is 45.5. The van der Waals surface area contributed by atoms with Gasteiger partial charge in [-0.2, -0.15) is 0 Å². The number of hydrogen-bond donors (Lipinski definition) is 6. The van der Waals surface area contributed by atoms with Gasteiger partial charge in [-0.25, -0.2) is 26.4 Å². The summed E-state index contributed by atoms with van der Waals surface area (Å²) in [5.41, 5.74) is -5.26. The lowest BCUT2D eigenvalue weighted by Gasteiger charge is -2.31. The van der Waals surface area contributed by atoms with E-state index in [9.17, 15) is 84.0 Å². The maximum absolute atomic E-state index is 13.9. The number of methoxy groups -OCH3 is 4. The average molecular weight is 2040 g/mol. The number of carbonyl (C=O) groups excluding carboxylic acids is 14. The molecule has 4 aliphatic heterocycles. The van der Waals surface area contributed by atoms with Crippen LogP contribution < -0.4 is 30.3 Å². The van der Waals surface area contributed by atoms with E-state index in [4.69, 9.17) is 28.4 Å². The molecule has 38 heteroatoms. The minimum Gasteiger partial charge on any atom is -0.444 e. The molecule has 4 saturated heterocycles. The summed E-state index contributed by atoms with van der Waals surface area (Å²) in [6, 6.07) is -5.63. The van der Waals surface area contributed by atoms with Crippen LogP contribution in [0.15, 0.2) is 101 Å². The number of likely N-dealkylation sites (tertiary alicyclic amines) is 4. The quantitative estimate of drug-likeness (QED) is 0.0187. The van der Waals surface area contributed by atoms with Crippen LogP contribution in [0.3, 0.4) is 0 Å². The topological polar surface area (TPSA) is 448 Å². The van der Waals surface area contributed by atoms with Gasteiger partial charge in [-0.3, -0.25) is 77.2 Å². The van der Waals surface area contributed by atoms with Gasteiger partial charge < -0.3 is 58.7 Å². The number of sulfonamides is 2. The molecule has 0 aromatic carbocycles. The normalized spacial score (nSPS) is 28.8. The minimum atomic E-state index is -3.84. The highest BCUT2D eigenvalue weighted by Gasteiger charge is 2.65. The third-order valence-electron chi connectivity index (χ3n) is 28.9. The predicted molar refractivity (Wildman–Crippen MR) is 545 cm³/mol. The molecule has 8 amide bonds. The summed E-state index contributed by atoms with van der Waals surface area (Å²) in [5.74, 6) is -5.08. The van der Waals surface area contributed by atoms with Gasteiger partial charge in [0.1, 0.15) is 34.9 Å². The lowest BCUT2D eigenvalue weighted by Crippen LogP contribution is -2.53. The van der Waals surface area contributed by atoms with Crippen LogP contribution in [-0.4, -0.2) is 270 Å². The number of alkyl carbamates (subject to hydrolysis) is 2. The fraction of sp³-hybridized carbons (Fsp3) is 0.706.